The highest BCUT2D eigenvalue weighted by molar-refractivity contribution is 6.02. The van der Waals surface area contributed by atoms with Gasteiger partial charge in [-0.25, -0.2) is 0 Å². The molecule has 0 aromatic rings. The fraction of sp³-hybridized carbons (Fsp3) is 0.509. The second-order valence-electron chi connectivity index (χ2n) is 20.0. The maximum Gasteiger partial charge on any atom is 0.307 e. The maximum absolute atomic E-state index is 13.2. The van der Waals surface area contributed by atoms with Crippen molar-refractivity contribution in [3.63, 3.8) is 0 Å². The van der Waals surface area contributed by atoms with Crippen LogP contribution in [0.5, 0.6) is 0 Å². The van der Waals surface area contributed by atoms with Crippen LogP contribution in [0.15, 0.2) is 130 Å². The Bertz CT molecular complexity index is 2230. The molecule has 7 N–H and O–H groups in total. The number of carbonyl (C=O) groups is 6. The number of amides is 1. The molecule has 0 aliphatic heterocycles. The molecule has 15 heteroatoms. The highest BCUT2D eigenvalue weighted by atomic mass is 16.6. The molecule has 0 spiro atoms. The van der Waals surface area contributed by atoms with Crippen LogP contribution in [0, 0.1) is 10.8 Å². The van der Waals surface area contributed by atoms with Gasteiger partial charge in [0.05, 0.1) is 51.4 Å². The molecule has 1 amide bonds. The number of allylic oxidation sites excluding steroid dienone is 20. The summed E-state index contributed by atoms with van der Waals surface area (Å²) in [5.41, 5.74) is 3.89. The number of aliphatic hydroxyl groups excluding tert-OH is 5. The molecule has 2 aliphatic rings. The van der Waals surface area contributed by atoms with Gasteiger partial charge in [-0.05, 0) is 88.6 Å². The molecule has 0 saturated carbocycles. The first kappa shape index (κ1) is 64.3. The molecule has 0 aromatic carbocycles. The lowest BCUT2D eigenvalue weighted by molar-refractivity contribution is -0.156. The van der Waals surface area contributed by atoms with E-state index in [0.717, 1.165) is 33.4 Å². The Hall–Kier alpha value is -5.68. The van der Waals surface area contributed by atoms with E-state index in [4.69, 9.17) is 19.7 Å². The standard InChI is InChI=1S/C52H69NO11.C5H13NO2/c1-35(18-13-20-37(3)23-25-41-39(5)48(61)43(30-50(41,7)8)63-46(59)22-15-29-54)16-11-12-17-36(2)19-14-21-38(4)24-26-42-40(6)49(62)44(31-51(42,9)10)64-47(60)28-27-45(58)53-52(32-55,33-56)34-57;1-5(3-7,4-8)6-2/h11-14,16-21,23-26,29,43-44,55-57H,15,22,27-28,30-34H2,1-10H3,(H,53,58);6-8H,3-4H2,1-2H3/b12-11+,18-13+,19-14+,25-23+,26-24+,35-16+,36-17+,37-20+,38-21+;. The first-order valence-electron chi connectivity index (χ1n) is 24.2. The first-order chi connectivity index (χ1) is 33.7. The smallest absolute Gasteiger partial charge is 0.307 e. The molecule has 0 radical (unpaired) electrons. The number of carbonyl (C=O) groups excluding carboxylic acids is 6. The molecular formula is C57H82N2O13. The Morgan fingerprint density at radius 3 is 1.33 bits per heavy atom. The van der Waals surface area contributed by atoms with Crippen molar-refractivity contribution in [3.05, 3.63) is 130 Å². The highest BCUT2D eigenvalue weighted by Crippen LogP contribution is 2.42. The number of aldehydes is 1. The zero-order chi connectivity index (χ0) is 54.9. The average Bonchev–Trinajstić information content (AvgIpc) is 3.33. The van der Waals surface area contributed by atoms with E-state index >= 15 is 0 Å². The van der Waals surface area contributed by atoms with Crippen LogP contribution >= 0.6 is 0 Å². The molecule has 2 unspecified atom stereocenters. The summed E-state index contributed by atoms with van der Waals surface area (Å²) in [7, 11) is 1.70. The van der Waals surface area contributed by atoms with Crippen molar-refractivity contribution in [1.29, 1.82) is 0 Å². The molecule has 2 atom stereocenters. The second-order valence-corrected chi connectivity index (χ2v) is 20.0. The third kappa shape index (κ3) is 21.6. The molecule has 15 nitrogen and oxygen atoms in total. The lowest BCUT2D eigenvalue weighted by atomic mass is 9.71. The summed E-state index contributed by atoms with van der Waals surface area (Å²) >= 11 is 0. The topological polar surface area (TPSA) is 246 Å². The number of rotatable bonds is 25. The van der Waals surface area contributed by atoms with Gasteiger partial charge in [0.15, 0.2) is 23.8 Å². The molecular weight excluding hydrogens is 921 g/mol. The summed E-state index contributed by atoms with van der Waals surface area (Å²) in [5.74, 6) is -2.43. The number of esters is 2. The van der Waals surface area contributed by atoms with Crippen LogP contribution in [0.3, 0.4) is 0 Å². The number of hydrogen-bond acceptors (Lipinski definition) is 14. The number of aliphatic hydroxyl groups is 5. The predicted octanol–water partition coefficient (Wildman–Crippen LogP) is 6.55. The summed E-state index contributed by atoms with van der Waals surface area (Å²) < 4.78 is 10.9. The van der Waals surface area contributed by atoms with Gasteiger partial charge in [0.2, 0.25) is 5.91 Å². The Morgan fingerprint density at radius 2 is 0.986 bits per heavy atom. The van der Waals surface area contributed by atoms with Crippen LogP contribution < -0.4 is 10.6 Å². The number of Topliss-reactive ketones (excluding diaryl/α,β-unsaturated/α-hetero) is 2. The summed E-state index contributed by atoms with van der Waals surface area (Å²) in [6.07, 6.45) is 26.5. The third-order valence-corrected chi connectivity index (χ3v) is 12.5. The van der Waals surface area contributed by atoms with Gasteiger partial charge in [0, 0.05) is 25.7 Å². The van der Waals surface area contributed by atoms with Crippen LogP contribution in [0.2, 0.25) is 0 Å². The van der Waals surface area contributed by atoms with Gasteiger partial charge in [-0.15, -0.1) is 0 Å². The van der Waals surface area contributed by atoms with Crippen LogP contribution in [-0.2, 0) is 38.2 Å². The van der Waals surface area contributed by atoms with Crippen molar-refractivity contribution in [1.82, 2.24) is 10.6 Å². The normalized spacial score (nSPS) is 19.5. The van der Waals surface area contributed by atoms with E-state index in [9.17, 15) is 44.1 Å². The summed E-state index contributed by atoms with van der Waals surface area (Å²) in [6, 6.07) is 0. The van der Waals surface area contributed by atoms with Gasteiger partial charge < -0.3 is 50.4 Å². The van der Waals surface area contributed by atoms with E-state index < -0.39 is 66.4 Å². The maximum atomic E-state index is 13.2. The number of nitrogens with one attached hydrogen (secondary N) is 2. The van der Waals surface area contributed by atoms with Gasteiger partial charge >= 0.3 is 11.9 Å². The minimum absolute atomic E-state index is 0.0349. The van der Waals surface area contributed by atoms with Crippen molar-refractivity contribution < 1.29 is 63.8 Å². The number of ketones is 2. The van der Waals surface area contributed by atoms with Gasteiger partial charge in [-0.1, -0.05) is 135 Å². The van der Waals surface area contributed by atoms with Crippen molar-refractivity contribution in [3.8, 4) is 0 Å². The Kier molecular flexibility index (Phi) is 27.7. The summed E-state index contributed by atoms with van der Waals surface area (Å²) in [6.45, 7) is 19.0. The Morgan fingerprint density at radius 1 is 0.611 bits per heavy atom. The predicted molar refractivity (Wildman–Crippen MR) is 281 cm³/mol. The van der Waals surface area contributed by atoms with E-state index in [-0.39, 0.29) is 62.3 Å². The molecule has 0 saturated heterocycles. The van der Waals surface area contributed by atoms with Crippen molar-refractivity contribution in [2.75, 3.05) is 40.1 Å². The third-order valence-electron chi connectivity index (χ3n) is 12.5. The monoisotopic (exact) mass is 1000 g/mol. The minimum atomic E-state index is -1.60. The Labute approximate surface area is 427 Å². The fourth-order valence-electron chi connectivity index (χ4n) is 7.42. The molecule has 2 rings (SSSR count). The van der Waals surface area contributed by atoms with E-state index in [2.05, 4.69) is 10.6 Å². The van der Waals surface area contributed by atoms with Crippen molar-refractivity contribution in [2.24, 2.45) is 10.8 Å². The van der Waals surface area contributed by atoms with Crippen molar-refractivity contribution in [2.45, 2.75) is 138 Å². The number of ether oxygens (including phenoxy) is 2. The molecule has 398 valence electrons. The largest absolute Gasteiger partial charge is 0.454 e. The second kappa shape index (κ2) is 31.0. The molecule has 72 heavy (non-hydrogen) atoms. The zero-order valence-corrected chi connectivity index (χ0v) is 44.6. The van der Waals surface area contributed by atoms with Gasteiger partial charge in [-0.2, -0.15) is 0 Å². The molecule has 0 heterocycles. The summed E-state index contributed by atoms with van der Waals surface area (Å²) in [4.78, 5) is 73.7. The molecule has 0 aromatic heterocycles. The first-order valence-corrected chi connectivity index (χ1v) is 24.2. The van der Waals surface area contributed by atoms with Crippen LogP contribution in [0.1, 0.15) is 115 Å². The number of likely N-dealkylation sites (N-methyl/N-ethyl adjacent to an activating group) is 1. The summed E-state index contributed by atoms with van der Waals surface area (Å²) in [5, 5.41) is 50.5. The number of hydrogen-bond donors (Lipinski definition) is 7. The highest BCUT2D eigenvalue weighted by Gasteiger charge is 2.41. The van der Waals surface area contributed by atoms with Crippen LogP contribution in [-0.4, -0.2) is 125 Å². The SMILES string of the molecule is CC1=C(/C=C/C(C)=C/C=C/C(C)=C/C=C/C=C(C)/C=C/C=C(C)/C=C/C2=C(C)C(=O)C(OC(=O)CCC(=O)NC(CO)(CO)CO)CC2(C)C)C(C)(C)CC(OC(=O)CCC=O)C1=O.CNC(C)(CO)CO. The van der Waals surface area contributed by atoms with Gasteiger partial charge in [-0.3, -0.25) is 24.0 Å². The van der Waals surface area contributed by atoms with Gasteiger partial charge in [0.1, 0.15) is 11.8 Å². The van der Waals surface area contributed by atoms with Crippen LogP contribution in [0.4, 0.5) is 0 Å². The molecule has 0 fully saturated rings. The lowest BCUT2D eigenvalue weighted by Gasteiger charge is -2.36. The van der Waals surface area contributed by atoms with E-state index in [1.54, 1.807) is 27.8 Å². The fourth-order valence-corrected chi connectivity index (χ4v) is 7.42. The van der Waals surface area contributed by atoms with E-state index in [1.165, 1.54) is 0 Å². The zero-order valence-electron chi connectivity index (χ0n) is 44.6. The minimum Gasteiger partial charge on any atom is -0.454 e. The molecule has 2 aliphatic carbocycles. The quantitative estimate of drug-likeness (QED) is 0.0292. The Balaban J connectivity index is 0.00000296. The van der Waals surface area contributed by atoms with E-state index in [0.29, 0.717) is 23.9 Å². The van der Waals surface area contributed by atoms with Crippen molar-refractivity contribution >= 4 is 35.7 Å². The molecule has 0 bridgehead atoms. The lowest BCUT2D eigenvalue weighted by Crippen LogP contribution is -2.57. The average molecular weight is 1000 g/mol. The van der Waals surface area contributed by atoms with E-state index in [1.807, 2.05) is 140 Å². The van der Waals surface area contributed by atoms with Gasteiger partial charge in [0.25, 0.3) is 0 Å². The van der Waals surface area contributed by atoms with Crippen LogP contribution in [0.25, 0.3) is 0 Å².